The summed E-state index contributed by atoms with van der Waals surface area (Å²) >= 11 is 0. The number of fused-ring (bicyclic) bond motifs is 4. The van der Waals surface area contributed by atoms with Gasteiger partial charge in [0.05, 0.1) is 18.1 Å². The van der Waals surface area contributed by atoms with Crippen LogP contribution in [-0.2, 0) is 25.6 Å². The van der Waals surface area contributed by atoms with Crippen LogP contribution in [0.25, 0.3) is 0 Å². The third kappa shape index (κ3) is 3.03. The number of benzene rings is 1. The van der Waals surface area contributed by atoms with E-state index in [-0.39, 0.29) is 41.5 Å². The molecule has 178 valence electrons. The predicted octanol–water partition coefficient (Wildman–Crippen LogP) is 3.19. The van der Waals surface area contributed by atoms with E-state index in [1.54, 1.807) is 38.3 Å². The van der Waals surface area contributed by atoms with Crippen molar-refractivity contribution in [3.63, 3.8) is 0 Å². The molecule has 2 aliphatic heterocycles. The normalized spacial score (nSPS) is 29.5. The molecule has 0 aromatic heterocycles. The number of carbonyl (C=O) groups is 4. The van der Waals surface area contributed by atoms with Gasteiger partial charge in [-0.15, -0.1) is 0 Å². The topological polar surface area (TPSA) is 101 Å². The monoisotopic (exact) mass is 471 g/mol. The highest BCUT2D eigenvalue weighted by atomic mass is 16.5. The number of amides is 2. The zero-order valence-corrected chi connectivity index (χ0v) is 19.5. The molecule has 0 radical (unpaired) electrons. The molecule has 35 heavy (non-hydrogen) atoms. The lowest BCUT2D eigenvalue weighted by Gasteiger charge is -2.43. The Morgan fingerprint density at radius 3 is 2.69 bits per heavy atom. The number of nitrogens with zero attached hydrogens (tertiary/aromatic N) is 1. The van der Waals surface area contributed by atoms with E-state index in [2.05, 4.69) is 0 Å². The summed E-state index contributed by atoms with van der Waals surface area (Å²) in [7, 11) is 0. The molecule has 1 aromatic rings. The molecule has 3 aliphatic carbocycles. The number of aromatic hydroxyl groups is 1. The largest absolute Gasteiger partial charge is 0.508 e. The zero-order chi connectivity index (χ0) is 24.6. The van der Waals surface area contributed by atoms with E-state index in [4.69, 9.17) is 4.74 Å². The van der Waals surface area contributed by atoms with Crippen LogP contribution in [0.1, 0.15) is 32.3 Å². The van der Waals surface area contributed by atoms with Gasteiger partial charge in [-0.3, -0.25) is 24.1 Å². The Hall–Kier alpha value is -3.74. The fraction of sp³-hybridized carbons (Fsp3) is 0.357. The molecule has 1 N–H and O–H groups in total. The van der Waals surface area contributed by atoms with Gasteiger partial charge in [0, 0.05) is 41.2 Å². The van der Waals surface area contributed by atoms with Crippen LogP contribution in [0.3, 0.4) is 0 Å². The third-order valence-electron chi connectivity index (χ3n) is 8.12. The third-order valence-corrected chi connectivity index (χ3v) is 8.12. The highest BCUT2D eigenvalue weighted by Crippen LogP contribution is 2.54. The minimum atomic E-state index is -0.532. The molecule has 0 bridgehead atoms. The van der Waals surface area contributed by atoms with Gasteiger partial charge in [0.2, 0.25) is 11.8 Å². The fourth-order valence-electron chi connectivity index (χ4n) is 6.55. The van der Waals surface area contributed by atoms with Crippen molar-refractivity contribution in [2.75, 3.05) is 6.54 Å². The van der Waals surface area contributed by atoms with Crippen LogP contribution in [0.4, 0.5) is 0 Å². The van der Waals surface area contributed by atoms with Crippen LogP contribution in [0.15, 0.2) is 64.5 Å². The smallest absolute Gasteiger partial charge is 0.233 e. The number of ether oxygens (including phenoxy) is 1. The second kappa shape index (κ2) is 7.63. The Balaban J connectivity index is 1.49. The van der Waals surface area contributed by atoms with Crippen molar-refractivity contribution in [3.8, 4) is 11.5 Å². The quantitative estimate of drug-likeness (QED) is 0.404. The highest BCUT2D eigenvalue weighted by Gasteiger charge is 2.56. The van der Waals surface area contributed by atoms with Gasteiger partial charge in [0.25, 0.3) is 0 Å². The Labute approximate surface area is 202 Å². The average Bonchev–Trinajstić information content (AvgIpc) is 3.10. The lowest BCUT2D eigenvalue weighted by atomic mass is 9.58. The minimum absolute atomic E-state index is 0.118. The molecular weight excluding hydrogens is 446 g/mol. The summed E-state index contributed by atoms with van der Waals surface area (Å²) in [5.74, 6) is -1.78. The van der Waals surface area contributed by atoms with E-state index >= 15 is 0 Å². The zero-order valence-electron chi connectivity index (χ0n) is 19.5. The van der Waals surface area contributed by atoms with Gasteiger partial charge < -0.3 is 9.84 Å². The van der Waals surface area contributed by atoms with E-state index in [0.29, 0.717) is 41.9 Å². The molecule has 0 saturated carbocycles. The summed E-state index contributed by atoms with van der Waals surface area (Å²) in [6.45, 7) is 3.76. The van der Waals surface area contributed by atoms with Crippen molar-refractivity contribution >= 4 is 23.4 Å². The maximum atomic E-state index is 13.4. The van der Waals surface area contributed by atoms with Crippen molar-refractivity contribution in [3.05, 3.63) is 70.0 Å². The van der Waals surface area contributed by atoms with Gasteiger partial charge >= 0.3 is 0 Å². The number of rotatable bonds is 2. The number of phenolic OH excluding ortho intramolecular Hbond substituents is 1. The van der Waals surface area contributed by atoms with Gasteiger partial charge in [-0.2, -0.15) is 0 Å². The maximum Gasteiger partial charge on any atom is 0.233 e. The second-order valence-corrected chi connectivity index (χ2v) is 9.93. The van der Waals surface area contributed by atoms with E-state index in [0.717, 1.165) is 16.7 Å². The first-order valence-electron chi connectivity index (χ1n) is 12.0. The summed E-state index contributed by atoms with van der Waals surface area (Å²) in [6.07, 6.45) is 6.16. The van der Waals surface area contributed by atoms with Gasteiger partial charge in [0.1, 0.15) is 11.5 Å². The van der Waals surface area contributed by atoms with Gasteiger partial charge in [0.15, 0.2) is 11.6 Å². The van der Waals surface area contributed by atoms with Crippen LogP contribution >= 0.6 is 0 Å². The molecule has 4 atom stereocenters. The number of ketones is 2. The van der Waals surface area contributed by atoms with Crippen molar-refractivity contribution in [1.29, 1.82) is 0 Å². The average molecular weight is 472 g/mol. The van der Waals surface area contributed by atoms with Gasteiger partial charge in [-0.1, -0.05) is 11.6 Å². The van der Waals surface area contributed by atoms with E-state index in [1.807, 2.05) is 6.08 Å². The number of hydrogen-bond donors (Lipinski definition) is 1. The van der Waals surface area contributed by atoms with Crippen molar-refractivity contribution in [2.45, 2.75) is 33.1 Å². The summed E-state index contributed by atoms with van der Waals surface area (Å²) < 4.78 is 5.89. The van der Waals surface area contributed by atoms with Gasteiger partial charge in [-0.05, 0) is 62.5 Å². The number of likely N-dealkylation sites (tertiary alicyclic amines) is 1. The first-order valence-corrected chi connectivity index (χ1v) is 12.0. The molecular formula is C28H25NO6. The minimum Gasteiger partial charge on any atom is -0.508 e. The summed E-state index contributed by atoms with van der Waals surface area (Å²) in [4.78, 5) is 54.1. The van der Waals surface area contributed by atoms with Crippen LogP contribution < -0.4 is 4.74 Å². The van der Waals surface area contributed by atoms with Crippen molar-refractivity contribution in [2.24, 2.45) is 23.7 Å². The molecule has 1 aromatic carbocycles. The summed E-state index contributed by atoms with van der Waals surface area (Å²) in [6, 6.07) is 4.89. The van der Waals surface area contributed by atoms with Crippen LogP contribution in [0, 0.1) is 23.7 Å². The lowest BCUT2D eigenvalue weighted by Crippen LogP contribution is -2.41. The molecule has 6 rings (SSSR count). The molecule has 7 heteroatoms. The molecule has 1 saturated heterocycles. The molecule has 1 fully saturated rings. The van der Waals surface area contributed by atoms with E-state index < -0.39 is 17.8 Å². The Morgan fingerprint density at radius 1 is 1.11 bits per heavy atom. The Morgan fingerprint density at radius 2 is 1.91 bits per heavy atom. The van der Waals surface area contributed by atoms with Crippen LogP contribution in [0.2, 0.25) is 0 Å². The molecule has 7 nitrogen and oxygen atoms in total. The number of imide groups is 1. The molecule has 0 spiro atoms. The first-order chi connectivity index (χ1) is 16.8. The summed E-state index contributed by atoms with van der Waals surface area (Å²) in [5.41, 5.74) is 3.78. The number of allylic oxidation sites excluding steroid dienone is 7. The van der Waals surface area contributed by atoms with Crippen LogP contribution in [-0.4, -0.2) is 39.9 Å². The predicted molar refractivity (Wildman–Crippen MR) is 125 cm³/mol. The first kappa shape index (κ1) is 21.8. The lowest BCUT2D eigenvalue weighted by molar-refractivity contribution is -0.139. The molecule has 2 heterocycles. The maximum absolute atomic E-state index is 13.4. The van der Waals surface area contributed by atoms with Crippen molar-refractivity contribution < 1.29 is 29.0 Å². The molecule has 4 unspecified atom stereocenters. The summed E-state index contributed by atoms with van der Waals surface area (Å²) in [5, 5.41) is 10.0. The van der Waals surface area contributed by atoms with E-state index in [9.17, 15) is 24.3 Å². The van der Waals surface area contributed by atoms with Gasteiger partial charge in [-0.25, -0.2) is 0 Å². The van der Waals surface area contributed by atoms with Crippen molar-refractivity contribution in [1.82, 2.24) is 4.90 Å². The SMILES string of the molecule is CCN1C(=O)C2CC=C3C(C4=COc5ccc(O)cc5C4)C4=C(CC3C2C1=O)C(=O)C=C(C)C4=O. The van der Waals surface area contributed by atoms with Crippen LogP contribution in [0.5, 0.6) is 11.5 Å². The molecule has 2 amide bonds. The Bertz CT molecular complexity index is 1360. The Kier molecular flexibility index (Phi) is 4.75. The fourth-order valence-corrected chi connectivity index (χ4v) is 6.55. The highest BCUT2D eigenvalue weighted by molar-refractivity contribution is 6.23. The standard InChI is InChI=1S/C28H25NO6/c1-3-29-27(33)18-6-5-17-19(24(18)28(29)34)11-20-21(31)8-13(2)26(32)25(20)23(17)15-9-14-10-16(30)4-7-22(14)35-12-15/h4-5,7-8,10,12,18-19,23-24,30H,3,6,9,11H2,1-2H3. The number of Topliss-reactive ketones (excluding diaryl/α,β-unsaturated/α-hetero) is 1. The number of phenols is 1. The van der Waals surface area contributed by atoms with E-state index in [1.165, 1.54) is 11.0 Å². The number of hydrogen-bond acceptors (Lipinski definition) is 6. The molecule has 5 aliphatic rings. The second-order valence-electron chi connectivity index (χ2n) is 9.93. The number of carbonyl (C=O) groups excluding carboxylic acids is 4.